The molecule has 91 heavy (non-hydrogen) atoms. The van der Waals surface area contributed by atoms with Crippen LogP contribution in [0.4, 0.5) is 28.3 Å². The molecule has 30 nitrogen and oxygen atoms in total. The zero-order valence-electron chi connectivity index (χ0n) is 51.2. The van der Waals surface area contributed by atoms with Gasteiger partial charge < -0.3 is 59.5 Å². The van der Waals surface area contributed by atoms with Gasteiger partial charge in [-0.3, -0.25) is 24.3 Å². The number of para-hydroxylation sites is 2. The van der Waals surface area contributed by atoms with E-state index in [-0.39, 0.29) is 75.8 Å². The molecule has 0 saturated carbocycles. The predicted molar refractivity (Wildman–Crippen MR) is 345 cm³/mol. The van der Waals surface area contributed by atoms with Crippen molar-refractivity contribution >= 4 is 123 Å². The third-order valence-electron chi connectivity index (χ3n) is 10.9. The number of benzene rings is 2. The van der Waals surface area contributed by atoms with Crippen molar-refractivity contribution < 1.29 is 65.5 Å². The number of sulfonamides is 1. The molecular weight excluding hydrogens is 1340 g/mol. The van der Waals surface area contributed by atoms with Crippen molar-refractivity contribution in [1.29, 1.82) is 0 Å². The number of nitrogens with two attached hydrogens (primary N) is 1. The Hall–Kier alpha value is -7.79. The first kappa shape index (κ1) is 77.5. The largest absolute Gasteiger partial charge is 0.489 e. The quantitative estimate of drug-likeness (QED) is 0.0247. The third-order valence-corrected chi connectivity index (χ3v) is 14.5. The molecule has 0 radical (unpaired) electrons. The number of rotatable bonds is 18. The molecule has 8 N–H and O–H groups in total. The fourth-order valence-corrected chi connectivity index (χ4v) is 9.45. The number of nitrogens with one attached hydrogen (secondary N) is 4. The first-order valence-electron chi connectivity index (χ1n) is 26.6. The number of terminal acetylenes is 1. The monoisotopic (exact) mass is 1410 g/mol. The molecule has 1 aliphatic rings. The summed E-state index contributed by atoms with van der Waals surface area (Å²) in [5.74, 6) is 1.87. The van der Waals surface area contributed by atoms with Gasteiger partial charge in [-0.15, -0.1) is 11.5 Å². The number of ether oxygens (including phenoxy) is 4. The normalized spacial score (nSPS) is 13.3. The number of aliphatic carboxylic acids is 1. The number of hydrogen-bond acceptors (Lipinski definition) is 23. The minimum atomic E-state index is -4.46. The SMILES string of the molecule is C#CCOc1cc(-n2nc(C(C)(C)C)oc2=O)c(Cl)cc1Cl.CC1COc2ccccc2N1C(=O)C(Cl)Cl.CCNc1nc(Cl)nc(NC(C)C)n1.COc1cc(OC)nc(NC(=O)NS(=O)(=O)c2ncccc2C(=O)N(C)C)n1.CP(=O)(O)CCC(N)C(=O)O. The van der Waals surface area contributed by atoms with E-state index in [1.165, 1.54) is 76.4 Å². The molecule has 37 heteroatoms. The lowest BCUT2D eigenvalue weighted by Gasteiger charge is -2.35. The lowest BCUT2D eigenvalue weighted by molar-refractivity contribution is -0.138. The summed E-state index contributed by atoms with van der Waals surface area (Å²) in [5.41, 5.74) is 5.52. The lowest BCUT2D eigenvalue weighted by atomic mass is 9.97. The van der Waals surface area contributed by atoms with Gasteiger partial charge in [0, 0.05) is 57.2 Å². The Kier molecular flexibility index (Phi) is 30.4. The molecule has 3 unspecified atom stereocenters. The first-order chi connectivity index (χ1) is 42.5. The Labute approximate surface area is 549 Å². The number of carboxylic acids is 1. The van der Waals surface area contributed by atoms with E-state index in [9.17, 15) is 37.0 Å². The average Bonchev–Trinajstić information content (AvgIpc) is 1.82. The number of urea groups is 1. The summed E-state index contributed by atoms with van der Waals surface area (Å²) in [6, 6.07) is 12.4. The maximum atomic E-state index is 12.5. The number of fused-ring (bicyclic) bond motifs is 1. The van der Waals surface area contributed by atoms with Gasteiger partial charge in [0.15, 0.2) is 17.2 Å². The molecule has 496 valence electrons. The average molecular weight is 1410 g/mol. The highest BCUT2D eigenvalue weighted by Gasteiger charge is 2.33. The number of carbonyl (C=O) groups is 4. The molecular formula is C54H69Cl5N15O15PS. The summed E-state index contributed by atoms with van der Waals surface area (Å²) in [4.78, 5) is 92.2. The fraction of sp³-hybridized carbons (Fsp3) is 0.407. The van der Waals surface area contributed by atoms with Crippen molar-refractivity contribution in [2.75, 3.05) is 81.8 Å². The van der Waals surface area contributed by atoms with Gasteiger partial charge in [0.25, 0.3) is 21.8 Å². The predicted octanol–water partition coefficient (Wildman–Crippen LogP) is 7.61. The number of methoxy groups -OCH3 is 2. The molecule has 2 aromatic carbocycles. The standard InChI is InChI=1S/C15H14Cl2N2O3.C15H18N6O6S.C11H11Cl2NO2.C8H14ClN5.C5H12NO4P/c1-5-6-21-12-8-11(9(16)7-10(12)17)19-14(20)22-13(18-19)15(2,3)4;1-21(2)13(22)9-6-5-7-16-12(9)28(24,25)20-15(23)19-14-17-10(26-3)8-11(18-14)27-4;1-7-6-16-9-5-3-2-4-8(9)14(7)11(15)10(12)13;1-4-10-7-12-6(9)13-8(14-7)11-5(2)3;1-11(9,10)3-2-4(6)5(7)8/h1,7-8H,6H2,2-4H3;5-8H,1-4H3,(H2,17,18,19,20,23);2-5,7,10H,6H2,1H3;5H,4H2,1-3H3,(H2,10,11,12,13,14);4H,2-3,6H2,1H3,(H,7,8)(H,9,10). The van der Waals surface area contributed by atoms with E-state index in [0.29, 0.717) is 41.6 Å². The van der Waals surface area contributed by atoms with Gasteiger partial charge >= 0.3 is 17.8 Å². The highest BCUT2D eigenvalue weighted by molar-refractivity contribution is 7.90. The Morgan fingerprint density at radius 2 is 1.57 bits per heavy atom. The van der Waals surface area contributed by atoms with Crippen molar-refractivity contribution in [1.82, 2.24) is 49.3 Å². The van der Waals surface area contributed by atoms with Gasteiger partial charge in [0.05, 0.1) is 53.3 Å². The van der Waals surface area contributed by atoms with Crippen LogP contribution in [0.15, 0.2) is 75.0 Å². The second-order valence-corrected chi connectivity index (χ2v) is 26.6. The van der Waals surface area contributed by atoms with Crippen LogP contribution in [0.5, 0.6) is 23.3 Å². The number of pyridine rings is 1. The second kappa shape index (κ2) is 35.7. The van der Waals surface area contributed by atoms with Gasteiger partial charge in [-0.25, -0.2) is 19.3 Å². The summed E-state index contributed by atoms with van der Waals surface area (Å²) in [5, 5.41) is 20.8. The molecule has 0 fully saturated rings. The molecule has 0 aliphatic carbocycles. The minimum Gasteiger partial charge on any atom is -0.489 e. The van der Waals surface area contributed by atoms with Gasteiger partial charge in [0.2, 0.25) is 40.8 Å². The van der Waals surface area contributed by atoms with Crippen LogP contribution in [-0.4, -0.2) is 171 Å². The summed E-state index contributed by atoms with van der Waals surface area (Å²) >= 11 is 29.2. The highest BCUT2D eigenvalue weighted by atomic mass is 35.5. The Morgan fingerprint density at radius 3 is 2.11 bits per heavy atom. The number of carboxylic acid groups (broad SMARTS) is 1. The Bertz CT molecular complexity index is 3710. The zero-order valence-corrected chi connectivity index (χ0v) is 56.7. The van der Waals surface area contributed by atoms with E-state index in [4.69, 9.17) is 104 Å². The maximum Gasteiger partial charge on any atom is 0.442 e. The van der Waals surface area contributed by atoms with E-state index in [2.05, 4.69) is 56.9 Å². The number of anilines is 4. The topological polar surface area (TPSA) is 403 Å². The minimum absolute atomic E-state index is 0.0412. The number of alkyl halides is 2. The molecule has 0 bridgehead atoms. The van der Waals surface area contributed by atoms with Crippen molar-refractivity contribution in [3.8, 4) is 41.3 Å². The van der Waals surface area contributed by atoms with Crippen LogP contribution in [-0.2, 0) is 29.6 Å². The Balaban J connectivity index is 0.000000309. The highest BCUT2D eigenvalue weighted by Crippen LogP contribution is 2.37. The zero-order chi connectivity index (χ0) is 68.7. The van der Waals surface area contributed by atoms with E-state index < -0.39 is 62.4 Å². The lowest BCUT2D eigenvalue weighted by Crippen LogP contribution is -2.47. The number of hydrogen-bond donors (Lipinski definition) is 7. The number of amides is 4. The van der Waals surface area contributed by atoms with E-state index in [1.807, 2.05) is 72.7 Å². The summed E-state index contributed by atoms with van der Waals surface area (Å²) in [6.45, 7) is 15.9. The van der Waals surface area contributed by atoms with Crippen LogP contribution in [0.1, 0.15) is 71.1 Å². The van der Waals surface area contributed by atoms with Crippen LogP contribution in [0.3, 0.4) is 0 Å². The van der Waals surface area contributed by atoms with Crippen molar-refractivity contribution in [3.63, 3.8) is 0 Å². The van der Waals surface area contributed by atoms with Gasteiger partial charge in [-0.2, -0.15) is 38.0 Å². The molecule has 4 amide bonds. The molecule has 0 saturated heterocycles. The van der Waals surface area contributed by atoms with E-state index in [0.717, 1.165) is 16.9 Å². The first-order valence-corrected chi connectivity index (χ1v) is 32.4. The molecule has 7 rings (SSSR count). The molecule has 1 aliphatic heterocycles. The van der Waals surface area contributed by atoms with Crippen LogP contribution < -0.4 is 56.0 Å². The van der Waals surface area contributed by atoms with Crippen molar-refractivity contribution in [2.45, 2.75) is 88.3 Å². The van der Waals surface area contributed by atoms with Gasteiger partial charge in [-0.1, -0.05) is 85.2 Å². The van der Waals surface area contributed by atoms with E-state index in [1.54, 1.807) is 9.62 Å². The van der Waals surface area contributed by atoms with Crippen LogP contribution >= 0.6 is 65.4 Å². The van der Waals surface area contributed by atoms with Crippen molar-refractivity contribution in [3.05, 3.63) is 98.1 Å². The van der Waals surface area contributed by atoms with Crippen LogP contribution in [0.2, 0.25) is 15.3 Å². The second-order valence-electron chi connectivity index (χ2n) is 20.2. The summed E-state index contributed by atoms with van der Waals surface area (Å²) in [6.07, 6.45) is 6.34. The van der Waals surface area contributed by atoms with Crippen molar-refractivity contribution in [2.24, 2.45) is 5.73 Å². The molecule has 4 aromatic heterocycles. The maximum absolute atomic E-state index is 12.5. The van der Waals surface area contributed by atoms with Gasteiger partial charge in [0.1, 0.15) is 30.8 Å². The molecule has 5 heterocycles. The fourth-order valence-electron chi connectivity index (χ4n) is 6.77. The Morgan fingerprint density at radius 1 is 0.945 bits per heavy atom. The molecule has 3 atom stereocenters. The number of halogens is 5. The number of nitrogens with zero attached hydrogens (tertiary/aromatic N) is 10. The molecule has 6 aromatic rings. The van der Waals surface area contributed by atoms with Crippen LogP contribution in [0.25, 0.3) is 5.69 Å². The summed E-state index contributed by atoms with van der Waals surface area (Å²) in [7, 11) is -1.95. The smallest absolute Gasteiger partial charge is 0.442 e. The third kappa shape index (κ3) is 25.1. The summed E-state index contributed by atoms with van der Waals surface area (Å²) < 4.78 is 64.4. The van der Waals surface area contributed by atoms with Gasteiger partial charge in [-0.05, 0) is 76.0 Å². The number of aromatic nitrogens is 8. The number of carbonyl (C=O) groups excluding carboxylic acids is 3. The van der Waals surface area contributed by atoms with Crippen LogP contribution in [0, 0.1) is 12.3 Å². The van der Waals surface area contributed by atoms with E-state index >= 15 is 0 Å². The molecule has 0 spiro atoms.